The minimum Gasteiger partial charge on any atom is -0.444 e. The largest absolute Gasteiger partial charge is 0.444 e. The van der Waals surface area contributed by atoms with Crippen molar-refractivity contribution >= 4 is 6.09 Å². The van der Waals surface area contributed by atoms with Crippen LogP contribution in [0.25, 0.3) is 0 Å². The van der Waals surface area contributed by atoms with Crippen LogP contribution in [-0.4, -0.2) is 42.3 Å². The molecule has 0 radical (unpaired) electrons. The van der Waals surface area contributed by atoms with Gasteiger partial charge in [0.1, 0.15) is 11.4 Å². The number of nitrogens with one attached hydrogen (secondary N) is 1. The van der Waals surface area contributed by atoms with E-state index in [0.29, 0.717) is 25.1 Å². The van der Waals surface area contributed by atoms with Crippen LogP contribution in [0, 0.1) is 5.82 Å². The smallest absolute Gasteiger partial charge is 0.410 e. The van der Waals surface area contributed by atoms with Crippen molar-refractivity contribution in [3.05, 3.63) is 35.6 Å². The summed E-state index contributed by atoms with van der Waals surface area (Å²) in [7, 11) is 0. The molecule has 0 saturated carbocycles. The summed E-state index contributed by atoms with van der Waals surface area (Å²) < 4.78 is 19.2. The van der Waals surface area contributed by atoms with Crippen molar-refractivity contribution in [3.8, 4) is 0 Å². The maximum atomic E-state index is 13.8. The van der Waals surface area contributed by atoms with Crippen molar-refractivity contribution in [2.75, 3.05) is 19.6 Å². The van der Waals surface area contributed by atoms with Crippen LogP contribution in [-0.2, 0) is 11.2 Å². The second-order valence-electron chi connectivity index (χ2n) is 6.33. The summed E-state index contributed by atoms with van der Waals surface area (Å²) in [6, 6.07) is 6.60. The minimum atomic E-state index is -0.523. The molecule has 1 aromatic rings. The van der Waals surface area contributed by atoms with E-state index in [9.17, 15) is 9.18 Å². The molecule has 1 unspecified atom stereocenters. The van der Waals surface area contributed by atoms with Crippen molar-refractivity contribution in [3.63, 3.8) is 0 Å². The Bertz CT molecular complexity index is 499. The number of benzene rings is 1. The Morgan fingerprint density at radius 1 is 1.43 bits per heavy atom. The van der Waals surface area contributed by atoms with Crippen LogP contribution >= 0.6 is 0 Å². The average molecular weight is 294 g/mol. The lowest BCUT2D eigenvalue weighted by atomic mass is 10.0. The van der Waals surface area contributed by atoms with Crippen LogP contribution in [0.15, 0.2) is 24.3 Å². The van der Waals surface area contributed by atoms with Gasteiger partial charge >= 0.3 is 6.09 Å². The third-order valence-corrected chi connectivity index (χ3v) is 3.39. The molecule has 4 nitrogen and oxygen atoms in total. The number of hydrogen-bond acceptors (Lipinski definition) is 3. The van der Waals surface area contributed by atoms with Gasteiger partial charge in [0.25, 0.3) is 0 Å². The Hall–Kier alpha value is -1.62. The molecule has 1 atom stereocenters. The predicted molar refractivity (Wildman–Crippen MR) is 79.7 cm³/mol. The van der Waals surface area contributed by atoms with Gasteiger partial charge in [0.05, 0.1) is 6.04 Å². The van der Waals surface area contributed by atoms with Gasteiger partial charge in [0.2, 0.25) is 0 Å². The summed E-state index contributed by atoms with van der Waals surface area (Å²) in [5.74, 6) is -0.229. The molecule has 116 valence electrons. The lowest BCUT2D eigenvalue weighted by molar-refractivity contribution is 0.0121. The van der Waals surface area contributed by atoms with Gasteiger partial charge < -0.3 is 15.0 Å². The first kappa shape index (κ1) is 15.8. The Kier molecular flexibility index (Phi) is 4.83. The van der Waals surface area contributed by atoms with Gasteiger partial charge in [-0.1, -0.05) is 18.2 Å². The van der Waals surface area contributed by atoms with Gasteiger partial charge in [0, 0.05) is 19.6 Å². The molecule has 5 heteroatoms. The third-order valence-electron chi connectivity index (χ3n) is 3.39. The number of amides is 1. The normalized spacial score (nSPS) is 19.4. The van der Waals surface area contributed by atoms with Crippen LogP contribution in [0.3, 0.4) is 0 Å². The number of nitrogens with zero attached hydrogens (tertiary/aromatic N) is 1. The van der Waals surface area contributed by atoms with Gasteiger partial charge in [-0.15, -0.1) is 0 Å². The standard InChI is InChI=1S/C16H23FN2O2/c1-16(2,3)21-15(20)19-9-8-18-11-13(19)10-12-6-4-5-7-14(12)17/h4-7,13,18H,8-11H2,1-3H3. The van der Waals surface area contributed by atoms with Gasteiger partial charge in [-0.3, -0.25) is 0 Å². The number of carbonyl (C=O) groups excluding carboxylic acids is 1. The van der Waals surface area contributed by atoms with E-state index in [1.54, 1.807) is 17.0 Å². The van der Waals surface area contributed by atoms with E-state index in [1.807, 2.05) is 26.8 Å². The molecule has 1 amide bonds. The fraction of sp³-hybridized carbons (Fsp3) is 0.562. The van der Waals surface area contributed by atoms with Gasteiger partial charge in [-0.2, -0.15) is 0 Å². The highest BCUT2D eigenvalue weighted by molar-refractivity contribution is 5.68. The highest BCUT2D eigenvalue weighted by Crippen LogP contribution is 2.17. The number of carbonyl (C=O) groups is 1. The number of halogens is 1. The topological polar surface area (TPSA) is 41.6 Å². The van der Waals surface area contributed by atoms with Crippen molar-refractivity contribution in [1.29, 1.82) is 0 Å². The summed E-state index contributed by atoms with van der Waals surface area (Å²) in [4.78, 5) is 14.0. The van der Waals surface area contributed by atoms with Crippen LogP contribution in [0.5, 0.6) is 0 Å². The van der Waals surface area contributed by atoms with Crippen molar-refractivity contribution in [2.24, 2.45) is 0 Å². The van der Waals surface area contributed by atoms with Crippen molar-refractivity contribution < 1.29 is 13.9 Å². The first-order valence-electron chi connectivity index (χ1n) is 7.30. The molecule has 0 spiro atoms. The molecule has 2 rings (SSSR count). The molecule has 1 aliphatic rings. The molecule has 0 aromatic heterocycles. The molecule has 0 bridgehead atoms. The summed E-state index contributed by atoms with van der Waals surface area (Å²) in [6.07, 6.45) is 0.157. The Labute approximate surface area is 125 Å². The van der Waals surface area contributed by atoms with Gasteiger partial charge in [0.15, 0.2) is 0 Å². The monoisotopic (exact) mass is 294 g/mol. The van der Waals surface area contributed by atoms with Gasteiger partial charge in [-0.25, -0.2) is 9.18 Å². The molecule has 1 saturated heterocycles. The van der Waals surface area contributed by atoms with E-state index in [0.717, 1.165) is 6.54 Å². The maximum Gasteiger partial charge on any atom is 0.410 e. The number of piperazine rings is 1. The van der Waals surface area contributed by atoms with Crippen molar-refractivity contribution in [1.82, 2.24) is 10.2 Å². The van der Waals surface area contributed by atoms with E-state index in [4.69, 9.17) is 4.74 Å². The number of hydrogen-bond donors (Lipinski definition) is 1. The molecule has 1 fully saturated rings. The summed E-state index contributed by atoms with van der Waals surface area (Å²) in [6.45, 7) is 7.49. The molecule has 1 heterocycles. The van der Waals surface area contributed by atoms with Crippen LogP contribution in [0.2, 0.25) is 0 Å². The van der Waals surface area contributed by atoms with Gasteiger partial charge in [-0.05, 0) is 38.8 Å². The number of rotatable bonds is 2. The zero-order valence-electron chi connectivity index (χ0n) is 12.9. The Balaban J connectivity index is 2.09. The van der Waals surface area contributed by atoms with Crippen molar-refractivity contribution in [2.45, 2.75) is 38.8 Å². The highest BCUT2D eigenvalue weighted by Gasteiger charge is 2.30. The quantitative estimate of drug-likeness (QED) is 0.911. The fourth-order valence-corrected chi connectivity index (χ4v) is 2.42. The molecule has 0 aliphatic carbocycles. The molecular weight excluding hydrogens is 271 g/mol. The molecule has 1 N–H and O–H groups in total. The van der Waals surface area contributed by atoms with Crippen LogP contribution in [0.4, 0.5) is 9.18 Å². The van der Waals surface area contributed by atoms with E-state index in [2.05, 4.69) is 5.32 Å². The third kappa shape index (κ3) is 4.43. The average Bonchev–Trinajstić information content (AvgIpc) is 2.40. The highest BCUT2D eigenvalue weighted by atomic mass is 19.1. The zero-order valence-corrected chi connectivity index (χ0v) is 12.9. The summed E-state index contributed by atoms with van der Waals surface area (Å²) >= 11 is 0. The first-order valence-corrected chi connectivity index (χ1v) is 7.30. The summed E-state index contributed by atoms with van der Waals surface area (Å²) in [5.41, 5.74) is 0.101. The second kappa shape index (κ2) is 6.43. The first-order chi connectivity index (χ1) is 9.87. The predicted octanol–water partition coefficient (Wildman–Crippen LogP) is 2.58. The fourth-order valence-electron chi connectivity index (χ4n) is 2.42. The lowest BCUT2D eigenvalue weighted by Crippen LogP contribution is -2.55. The maximum absolute atomic E-state index is 13.8. The SMILES string of the molecule is CC(C)(C)OC(=O)N1CCNCC1Cc1ccccc1F. The molecule has 21 heavy (non-hydrogen) atoms. The molecular formula is C16H23FN2O2. The molecule has 1 aliphatic heterocycles. The van der Waals surface area contributed by atoms with E-state index >= 15 is 0 Å². The number of ether oxygens (including phenoxy) is 1. The second-order valence-corrected chi connectivity index (χ2v) is 6.33. The zero-order chi connectivity index (χ0) is 15.5. The van der Waals surface area contributed by atoms with Crippen LogP contribution in [0.1, 0.15) is 26.3 Å². The lowest BCUT2D eigenvalue weighted by Gasteiger charge is -2.37. The minimum absolute atomic E-state index is 0.0921. The van der Waals surface area contributed by atoms with Crippen LogP contribution < -0.4 is 5.32 Å². The Morgan fingerprint density at radius 2 is 2.14 bits per heavy atom. The van der Waals surface area contributed by atoms with E-state index in [-0.39, 0.29) is 18.0 Å². The summed E-state index contributed by atoms with van der Waals surface area (Å²) in [5, 5.41) is 3.25. The van der Waals surface area contributed by atoms with E-state index < -0.39 is 5.60 Å². The molecule has 1 aromatic carbocycles. The van der Waals surface area contributed by atoms with E-state index in [1.165, 1.54) is 6.07 Å². The Morgan fingerprint density at radius 3 is 2.81 bits per heavy atom.